The number of aromatic nitrogens is 2. The average Bonchev–Trinajstić information content (AvgIpc) is 2.72. The van der Waals surface area contributed by atoms with Crippen LogP contribution in [0.5, 0.6) is 0 Å². The van der Waals surface area contributed by atoms with E-state index in [4.69, 9.17) is 0 Å². The van der Waals surface area contributed by atoms with Crippen molar-refractivity contribution >= 4 is 15.9 Å². The minimum atomic E-state index is -0.238. The number of nitrogens with zero attached hydrogens (tertiary/aromatic N) is 2. The molecule has 0 aliphatic heterocycles. The fraction of sp³-hybridized carbons (Fsp3) is 0.357. The molecule has 0 amide bonds. The normalized spacial score (nSPS) is 11.2. The second-order valence-corrected chi connectivity index (χ2v) is 5.78. The number of nitrogens with one attached hydrogen (secondary N) is 1. The van der Waals surface area contributed by atoms with Crippen LogP contribution in [0.2, 0.25) is 0 Å². The van der Waals surface area contributed by atoms with Crippen LogP contribution in [0.25, 0.3) is 0 Å². The van der Waals surface area contributed by atoms with Crippen LogP contribution in [0.3, 0.4) is 0 Å². The van der Waals surface area contributed by atoms with E-state index in [0.717, 1.165) is 22.1 Å². The second-order valence-electron chi connectivity index (χ2n) is 4.86. The first-order chi connectivity index (χ1) is 9.02. The SMILES string of the molecule is CC(C)NCc1cnn(Cc2cc(F)cc(Br)c2)c1. The standard InChI is InChI=1S/C14H17BrFN3/c1-10(2)17-6-12-7-18-19(9-12)8-11-3-13(15)5-14(16)4-11/h3-5,7,9-10,17H,6,8H2,1-2H3. The lowest BCUT2D eigenvalue weighted by molar-refractivity contribution is 0.588. The summed E-state index contributed by atoms with van der Waals surface area (Å²) < 4.78 is 15.8. The Labute approximate surface area is 121 Å². The van der Waals surface area contributed by atoms with Crippen LogP contribution in [0.15, 0.2) is 35.1 Å². The molecule has 2 aromatic rings. The van der Waals surface area contributed by atoms with Gasteiger partial charge >= 0.3 is 0 Å². The summed E-state index contributed by atoms with van der Waals surface area (Å²) in [4.78, 5) is 0. The topological polar surface area (TPSA) is 29.9 Å². The van der Waals surface area contributed by atoms with Crippen molar-refractivity contribution in [3.05, 3.63) is 52.0 Å². The van der Waals surface area contributed by atoms with Gasteiger partial charge in [-0.1, -0.05) is 29.8 Å². The Balaban J connectivity index is 2.03. The molecule has 1 aromatic heterocycles. The average molecular weight is 326 g/mol. The summed E-state index contributed by atoms with van der Waals surface area (Å²) in [6, 6.07) is 5.32. The molecule has 0 atom stereocenters. The molecular weight excluding hydrogens is 309 g/mol. The summed E-state index contributed by atoms with van der Waals surface area (Å²) >= 11 is 3.29. The summed E-state index contributed by atoms with van der Waals surface area (Å²) in [6.45, 7) is 5.58. The van der Waals surface area contributed by atoms with Gasteiger partial charge in [-0.2, -0.15) is 5.10 Å². The molecule has 0 radical (unpaired) electrons. The summed E-state index contributed by atoms with van der Waals surface area (Å²) in [5.74, 6) is -0.238. The monoisotopic (exact) mass is 325 g/mol. The van der Waals surface area contributed by atoms with E-state index < -0.39 is 0 Å². The maximum Gasteiger partial charge on any atom is 0.124 e. The van der Waals surface area contributed by atoms with E-state index in [1.807, 2.05) is 23.1 Å². The van der Waals surface area contributed by atoms with Gasteiger partial charge in [-0.25, -0.2) is 4.39 Å². The zero-order chi connectivity index (χ0) is 13.8. The predicted molar refractivity (Wildman–Crippen MR) is 77.4 cm³/mol. The molecule has 102 valence electrons. The minimum absolute atomic E-state index is 0.238. The van der Waals surface area contributed by atoms with Crippen molar-refractivity contribution in [2.75, 3.05) is 0 Å². The van der Waals surface area contributed by atoms with Crippen LogP contribution >= 0.6 is 15.9 Å². The van der Waals surface area contributed by atoms with Gasteiger partial charge in [0.15, 0.2) is 0 Å². The minimum Gasteiger partial charge on any atom is -0.310 e. The molecule has 1 aromatic carbocycles. The van der Waals surface area contributed by atoms with Gasteiger partial charge < -0.3 is 5.32 Å². The van der Waals surface area contributed by atoms with Crippen LogP contribution in [0.1, 0.15) is 25.0 Å². The maximum atomic E-state index is 13.3. The van der Waals surface area contributed by atoms with Crippen molar-refractivity contribution in [2.45, 2.75) is 33.0 Å². The van der Waals surface area contributed by atoms with Gasteiger partial charge in [0.25, 0.3) is 0 Å². The Morgan fingerprint density at radius 3 is 2.79 bits per heavy atom. The lowest BCUT2D eigenvalue weighted by Crippen LogP contribution is -2.21. The third-order valence-electron chi connectivity index (χ3n) is 2.67. The maximum absolute atomic E-state index is 13.3. The molecule has 19 heavy (non-hydrogen) atoms. The third kappa shape index (κ3) is 4.44. The smallest absolute Gasteiger partial charge is 0.124 e. The van der Waals surface area contributed by atoms with E-state index in [9.17, 15) is 4.39 Å². The molecule has 0 unspecified atom stereocenters. The predicted octanol–water partition coefficient (Wildman–Crippen LogP) is 3.33. The first-order valence-corrected chi connectivity index (χ1v) is 7.02. The highest BCUT2D eigenvalue weighted by Crippen LogP contribution is 2.15. The van der Waals surface area contributed by atoms with Gasteiger partial charge in [-0.3, -0.25) is 4.68 Å². The van der Waals surface area contributed by atoms with Crippen LogP contribution in [-0.4, -0.2) is 15.8 Å². The van der Waals surface area contributed by atoms with Crippen molar-refractivity contribution in [1.29, 1.82) is 0 Å². The molecule has 0 aliphatic carbocycles. The Morgan fingerprint density at radius 1 is 1.32 bits per heavy atom. The van der Waals surface area contributed by atoms with E-state index in [-0.39, 0.29) is 5.82 Å². The van der Waals surface area contributed by atoms with Crippen LogP contribution in [0, 0.1) is 5.82 Å². The highest BCUT2D eigenvalue weighted by Gasteiger charge is 2.03. The number of rotatable bonds is 5. The van der Waals surface area contributed by atoms with E-state index in [2.05, 4.69) is 40.2 Å². The van der Waals surface area contributed by atoms with Gasteiger partial charge in [0.2, 0.25) is 0 Å². The number of hydrogen-bond donors (Lipinski definition) is 1. The fourth-order valence-corrected chi connectivity index (χ4v) is 2.31. The largest absolute Gasteiger partial charge is 0.310 e. The highest BCUT2D eigenvalue weighted by atomic mass is 79.9. The summed E-state index contributed by atoms with van der Waals surface area (Å²) in [5.41, 5.74) is 2.02. The summed E-state index contributed by atoms with van der Waals surface area (Å²) in [6.07, 6.45) is 3.82. The first-order valence-electron chi connectivity index (χ1n) is 6.22. The van der Waals surface area contributed by atoms with Crippen molar-refractivity contribution in [2.24, 2.45) is 0 Å². The zero-order valence-corrected chi connectivity index (χ0v) is 12.6. The molecule has 2 rings (SSSR count). The Morgan fingerprint density at radius 2 is 2.11 bits per heavy atom. The van der Waals surface area contributed by atoms with Crippen molar-refractivity contribution in [3.8, 4) is 0 Å². The molecule has 1 heterocycles. The van der Waals surface area contributed by atoms with Crippen LogP contribution in [-0.2, 0) is 13.1 Å². The molecule has 0 saturated carbocycles. The van der Waals surface area contributed by atoms with E-state index in [1.165, 1.54) is 12.1 Å². The van der Waals surface area contributed by atoms with Gasteiger partial charge in [0, 0.05) is 28.8 Å². The van der Waals surface area contributed by atoms with E-state index >= 15 is 0 Å². The molecule has 1 N–H and O–H groups in total. The van der Waals surface area contributed by atoms with E-state index in [0.29, 0.717) is 12.6 Å². The lowest BCUT2D eigenvalue weighted by Gasteiger charge is -2.05. The number of benzene rings is 1. The lowest BCUT2D eigenvalue weighted by atomic mass is 10.2. The molecule has 3 nitrogen and oxygen atoms in total. The van der Waals surface area contributed by atoms with E-state index in [1.54, 1.807) is 0 Å². The van der Waals surface area contributed by atoms with Gasteiger partial charge in [0.1, 0.15) is 5.82 Å². The molecule has 0 saturated heterocycles. The van der Waals surface area contributed by atoms with Gasteiger partial charge in [0.05, 0.1) is 12.7 Å². The summed E-state index contributed by atoms with van der Waals surface area (Å²) in [5, 5.41) is 7.62. The van der Waals surface area contributed by atoms with Crippen molar-refractivity contribution < 1.29 is 4.39 Å². The molecule has 0 bridgehead atoms. The van der Waals surface area contributed by atoms with Crippen LogP contribution in [0.4, 0.5) is 4.39 Å². The Hall–Kier alpha value is -1.20. The number of halogens is 2. The van der Waals surface area contributed by atoms with Gasteiger partial charge in [-0.05, 0) is 23.8 Å². The summed E-state index contributed by atoms with van der Waals surface area (Å²) in [7, 11) is 0. The first kappa shape index (κ1) is 14.2. The fourth-order valence-electron chi connectivity index (χ4n) is 1.80. The van der Waals surface area contributed by atoms with Crippen molar-refractivity contribution in [1.82, 2.24) is 15.1 Å². The number of hydrogen-bond acceptors (Lipinski definition) is 2. The molecular formula is C14H17BrFN3. The third-order valence-corrected chi connectivity index (χ3v) is 3.13. The molecule has 0 aliphatic rings. The Kier molecular flexibility index (Phi) is 4.71. The molecule has 5 heteroatoms. The second kappa shape index (κ2) is 6.30. The van der Waals surface area contributed by atoms with Crippen molar-refractivity contribution in [3.63, 3.8) is 0 Å². The van der Waals surface area contributed by atoms with Crippen LogP contribution < -0.4 is 5.32 Å². The Bertz CT molecular complexity index is 531. The highest BCUT2D eigenvalue weighted by molar-refractivity contribution is 9.10. The molecule has 0 fully saturated rings. The quantitative estimate of drug-likeness (QED) is 0.913. The zero-order valence-electron chi connectivity index (χ0n) is 11.0. The van der Waals surface area contributed by atoms with Gasteiger partial charge in [-0.15, -0.1) is 0 Å². The molecule has 0 spiro atoms.